The van der Waals surface area contributed by atoms with Gasteiger partial charge in [-0.1, -0.05) is 48.5 Å². The number of carbonyl (C=O) groups is 4. The first-order valence-electron chi connectivity index (χ1n) is 12.6. The summed E-state index contributed by atoms with van der Waals surface area (Å²) in [5.74, 6) is -3.00. The first kappa shape index (κ1) is 28.6. The fraction of sp³-hybridized carbons (Fsp3) is 0.333. The molecule has 0 bridgehead atoms. The van der Waals surface area contributed by atoms with Crippen LogP contribution >= 0.6 is 11.3 Å². The molecule has 2 heterocycles. The van der Waals surface area contributed by atoms with Gasteiger partial charge in [-0.2, -0.15) is 0 Å². The van der Waals surface area contributed by atoms with E-state index in [0.29, 0.717) is 42.6 Å². The number of hydrogen-bond acceptors (Lipinski definition) is 9. The largest absolute Gasteiger partial charge is 0.478 e. The molecule has 12 nitrogen and oxygen atoms in total. The van der Waals surface area contributed by atoms with Crippen LogP contribution in [0.5, 0.6) is 0 Å². The van der Waals surface area contributed by atoms with Crippen LogP contribution < -0.4 is 11.1 Å². The third kappa shape index (κ3) is 6.79. The standard InChI is InChI=1S/C27H29N5O7S/c1-15(14-20(33)16-6-8-17(9-7-16)22(28)31-38)26(35)32-12-10-18(11-13-32)39-24(27(36)37)30-23(34)25-29-19-4-2-3-5-21(19)40-25/h2-9,15,18,24,38H,10-14H2,1H3,(H2,28,31)(H,30,34)(H,36,37)/t15?,24-/m0/s1. The number of carbonyl (C=O) groups excluding carboxylic acids is 3. The number of aromatic nitrogens is 1. The maximum Gasteiger partial charge on any atom is 0.354 e. The van der Waals surface area contributed by atoms with Gasteiger partial charge >= 0.3 is 5.97 Å². The molecule has 2 amide bonds. The molecule has 1 aromatic heterocycles. The highest BCUT2D eigenvalue weighted by atomic mass is 32.1. The molecule has 13 heteroatoms. The Morgan fingerprint density at radius 3 is 2.40 bits per heavy atom. The molecule has 0 radical (unpaired) electrons. The molecule has 0 saturated carbocycles. The fourth-order valence-electron chi connectivity index (χ4n) is 4.39. The van der Waals surface area contributed by atoms with E-state index in [1.54, 1.807) is 48.2 Å². The van der Waals surface area contributed by atoms with Gasteiger partial charge in [0.25, 0.3) is 5.91 Å². The van der Waals surface area contributed by atoms with Crippen LogP contribution in [0.25, 0.3) is 10.2 Å². The summed E-state index contributed by atoms with van der Waals surface area (Å²) in [5.41, 5.74) is 7.07. The topological polar surface area (TPSA) is 185 Å². The third-order valence-corrected chi connectivity index (χ3v) is 7.62. The smallest absolute Gasteiger partial charge is 0.354 e. The molecule has 210 valence electrons. The molecule has 1 aliphatic rings. The number of hydrogen-bond donors (Lipinski definition) is 4. The van der Waals surface area contributed by atoms with Crippen LogP contribution in [-0.4, -0.2) is 75.0 Å². The molecule has 2 atom stereocenters. The Hall–Kier alpha value is -4.36. The van der Waals surface area contributed by atoms with Crippen molar-refractivity contribution in [2.24, 2.45) is 16.8 Å². The van der Waals surface area contributed by atoms with Gasteiger partial charge in [-0.05, 0) is 25.0 Å². The van der Waals surface area contributed by atoms with Crippen LogP contribution in [0.4, 0.5) is 0 Å². The molecular formula is C27H29N5O7S. The Morgan fingerprint density at radius 1 is 1.12 bits per heavy atom. The lowest BCUT2D eigenvalue weighted by Gasteiger charge is -2.34. The van der Waals surface area contributed by atoms with Crippen molar-refractivity contribution in [2.75, 3.05) is 13.1 Å². The Labute approximate surface area is 233 Å². The average molecular weight is 568 g/mol. The van der Waals surface area contributed by atoms with Crippen molar-refractivity contribution in [3.63, 3.8) is 0 Å². The van der Waals surface area contributed by atoms with Gasteiger partial charge in [0.05, 0.1) is 16.3 Å². The molecule has 3 aromatic rings. The van der Waals surface area contributed by atoms with Crippen molar-refractivity contribution in [2.45, 2.75) is 38.5 Å². The fourth-order valence-corrected chi connectivity index (χ4v) is 5.26. The molecule has 1 fully saturated rings. The Balaban J connectivity index is 1.27. The van der Waals surface area contributed by atoms with E-state index in [1.807, 2.05) is 12.1 Å². The number of benzene rings is 2. The van der Waals surface area contributed by atoms with Crippen LogP contribution in [-0.2, 0) is 14.3 Å². The van der Waals surface area contributed by atoms with E-state index in [9.17, 15) is 24.3 Å². The minimum Gasteiger partial charge on any atom is -0.478 e. The predicted molar refractivity (Wildman–Crippen MR) is 146 cm³/mol. The highest BCUT2D eigenvalue weighted by Gasteiger charge is 2.31. The van der Waals surface area contributed by atoms with Crippen molar-refractivity contribution in [3.8, 4) is 0 Å². The number of nitrogens with one attached hydrogen (secondary N) is 1. The number of ketones is 1. The van der Waals surface area contributed by atoms with Gasteiger partial charge in [-0.15, -0.1) is 11.3 Å². The number of nitrogens with two attached hydrogens (primary N) is 1. The highest BCUT2D eigenvalue weighted by molar-refractivity contribution is 7.20. The molecule has 1 saturated heterocycles. The molecule has 0 aliphatic carbocycles. The van der Waals surface area contributed by atoms with E-state index < -0.39 is 30.1 Å². The Kier molecular flexibility index (Phi) is 9.07. The van der Waals surface area contributed by atoms with Crippen molar-refractivity contribution in [1.29, 1.82) is 0 Å². The second-order valence-corrected chi connectivity index (χ2v) is 10.5. The zero-order valence-electron chi connectivity index (χ0n) is 21.6. The Morgan fingerprint density at radius 2 is 1.77 bits per heavy atom. The average Bonchev–Trinajstić information content (AvgIpc) is 3.41. The minimum absolute atomic E-state index is 0.0110. The molecule has 40 heavy (non-hydrogen) atoms. The normalized spacial score (nSPS) is 15.9. The van der Waals surface area contributed by atoms with Gasteiger partial charge in [0.1, 0.15) is 0 Å². The van der Waals surface area contributed by atoms with Crippen molar-refractivity contribution >= 4 is 51.0 Å². The van der Waals surface area contributed by atoms with Crippen LogP contribution in [0.2, 0.25) is 0 Å². The van der Waals surface area contributed by atoms with Crippen molar-refractivity contribution in [1.82, 2.24) is 15.2 Å². The predicted octanol–water partition coefficient (Wildman–Crippen LogP) is 2.45. The van der Waals surface area contributed by atoms with Gasteiger partial charge in [-0.25, -0.2) is 9.78 Å². The van der Waals surface area contributed by atoms with Crippen LogP contribution in [0, 0.1) is 5.92 Å². The van der Waals surface area contributed by atoms with Gasteiger partial charge in [0, 0.05) is 36.6 Å². The molecule has 1 aliphatic heterocycles. The zero-order chi connectivity index (χ0) is 28.8. The van der Waals surface area contributed by atoms with Gasteiger partial charge in [0.15, 0.2) is 16.6 Å². The van der Waals surface area contributed by atoms with E-state index in [2.05, 4.69) is 15.5 Å². The molecule has 4 rings (SSSR count). The number of aliphatic carboxylic acids is 1. The van der Waals surface area contributed by atoms with E-state index in [-0.39, 0.29) is 29.0 Å². The third-order valence-electron chi connectivity index (χ3n) is 6.58. The number of amides is 2. The first-order valence-corrected chi connectivity index (χ1v) is 13.4. The molecular weight excluding hydrogens is 538 g/mol. The quantitative estimate of drug-likeness (QED) is 0.0713. The molecule has 5 N–H and O–H groups in total. The highest BCUT2D eigenvalue weighted by Crippen LogP contribution is 2.23. The molecule has 0 spiro atoms. The summed E-state index contributed by atoms with van der Waals surface area (Å²) in [5, 5.41) is 23.8. The number of amidine groups is 1. The van der Waals surface area contributed by atoms with E-state index in [1.165, 1.54) is 0 Å². The van der Waals surface area contributed by atoms with Gasteiger partial charge in [-0.3, -0.25) is 14.4 Å². The number of para-hydroxylation sites is 1. The lowest BCUT2D eigenvalue weighted by atomic mass is 9.96. The number of carboxylic acid groups (broad SMARTS) is 1. The summed E-state index contributed by atoms with van der Waals surface area (Å²) in [6.07, 6.45) is -1.28. The van der Waals surface area contributed by atoms with Crippen molar-refractivity contribution < 1.29 is 34.2 Å². The lowest BCUT2D eigenvalue weighted by molar-refractivity contribution is -0.159. The maximum atomic E-state index is 13.0. The van der Waals surface area contributed by atoms with E-state index >= 15 is 0 Å². The monoisotopic (exact) mass is 567 g/mol. The summed E-state index contributed by atoms with van der Waals surface area (Å²) < 4.78 is 6.49. The van der Waals surface area contributed by atoms with Crippen LogP contribution in [0.3, 0.4) is 0 Å². The summed E-state index contributed by atoms with van der Waals surface area (Å²) >= 11 is 1.16. The second-order valence-electron chi connectivity index (χ2n) is 9.43. The van der Waals surface area contributed by atoms with Crippen LogP contribution in [0.15, 0.2) is 53.7 Å². The number of oxime groups is 1. The Bertz CT molecular complexity index is 1400. The number of piperidine rings is 1. The number of fused-ring (bicyclic) bond motifs is 1. The number of thiazole rings is 1. The first-order chi connectivity index (χ1) is 19.2. The van der Waals surface area contributed by atoms with Gasteiger partial charge in [0.2, 0.25) is 12.1 Å². The SMILES string of the molecule is CC(CC(=O)c1ccc(/C(N)=N/O)cc1)C(=O)N1CCC(O[C@H](NC(=O)c2nc3ccccc3s2)C(=O)O)CC1. The van der Waals surface area contributed by atoms with E-state index in [0.717, 1.165) is 16.0 Å². The van der Waals surface area contributed by atoms with Gasteiger partial charge < -0.3 is 31.0 Å². The maximum absolute atomic E-state index is 13.0. The number of rotatable bonds is 10. The van der Waals surface area contributed by atoms with Crippen LogP contribution in [0.1, 0.15) is 51.9 Å². The summed E-state index contributed by atoms with van der Waals surface area (Å²) in [7, 11) is 0. The number of Topliss-reactive ketones (excluding diaryl/α,β-unsaturated/α-hetero) is 1. The number of ether oxygens (including phenoxy) is 1. The number of carboxylic acids is 1. The zero-order valence-corrected chi connectivity index (χ0v) is 22.5. The van der Waals surface area contributed by atoms with E-state index in [4.69, 9.17) is 15.7 Å². The summed E-state index contributed by atoms with van der Waals surface area (Å²) in [6.45, 7) is 2.34. The number of likely N-dealkylation sites (tertiary alicyclic amines) is 1. The van der Waals surface area contributed by atoms with Crippen molar-refractivity contribution in [3.05, 3.63) is 64.7 Å². The lowest BCUT2D eigenvalue weighted by Crippen LogP contribution is -2.48. The second kappa shape index (κ2) is 12.7. The molecule has 1 unspecified atom stereocenters. The minimum atomic E-state index is -1.56. The molecule has 2 aromatic carbocycles. The summed E-state index contributed by atoms with van der Waals surface area (Å²) in [6, 6.07) is 13.5. The number of nitrogens with zero attached hydrogens (tertiary/aromatic N) is 3. The summed E-state index contributed by atoms with van der Waals surface area (Å²) in [4.78, 5) is 55.9.